The molecular weight excluding hydrogens is 661 g/mol. The Bertz CT molecular complexity index is 1640. The number of carbonyl (C=O) groups excluding carboxylic acids is 2. The fourth-order valence-electron chi connectivity index (χ4n) is 6.25. The van der Waals surface area contributed by atoms with Gasteiger partial charge in [0.2, 0.25) is 0 Å². The third-order valence-electron chi connectivity index (χ3n) is 9.53. The monoisotopic (exact) mass is 712 g/mol. The molecule has 0 spiro atoms. The van der Waals surface area contributed by atoms with E-state index in [0.717, 1.165) is 74.0 Å². The van der Waals surface area contributed by atoms with Gasteiger partial charge >= 0.3 is 11.9 Å². The number of ether oxygens (including phenoxy) is 4. The number of carbonyl (C=O) groups is 2. The van der Waals surface area contributed by atoms with Gasteiger partial charge in [0.15, 0.2) is 5.41 Å². The molecule has 0 atom stereocenters. The predicted molar refractivity (Wildman–Crippen MR) is 212 cm³/mol. The van der Waals surface area contributed by atoms with Crippen LogP contribution in [-0.4, -0.2) is 39.4 Å². The maximum Gasteiger partial charge on any atom is 0.325 e. The molecular formula is C47H52O6. The highest BCUT2D eigenvalue weighted by Gasteiger charge is 2.48. The number of aryl methyl sites for hydroxylation is 2. The molecule has 276 valence electrons. The molecule has 0 bridgehead atoms. The van der Waals surface area contributed by atoms with Crippen molar-refractivity contribution in [2.24, 2.45) is 5.41 Å². The molecule has 0 aliphatic rings. The van der Waals surface area contributed by atoms with Crippen molar-refractivity contribution in [3.63, 3.8) is 0 Å². The van der Waals surface area contributed by atoms with E-state index < -0.39 is 17.4 Å². The second kappa shape index (κ2) is 21.8. The van der Waals surface area contributed by atoms with Crippen LogP contribution in [0.15, 0.2) is 97.1 Å². The quantitative estimate of drug-likeness (QED) is 0.0350. The standard InChI is InChI=1S/C47H52O6/c1-5-33-47(34-6-2,45(48)52-35-13-9-7-11-15-37-17-21-39(22-18-37)41-25-29-43(50-3)30-26-41)46(49)53-36-14-10-8-12-16-38-19-23-40(24-20-38)42-27-31-44(51-4)32-28-42/h1-2,17-32H,7-16,33-36H2,3-4H3. The van der Waals surface area contributed by atoms with E-state index in [1.165, 1.54) is 22.3 Å². The van der Waals surface area contributed by atoms with Crippen molar-refractivity contribution >= 4 is 11.9 Å². The van der Waals surface area contributed by atoms with Crippen LogP contribution < -0.4 is 9.47 Å². The summed E-state index contributed by atoms with van der Waals surface area (Å²) in [5.74, 6) is 5.19. The number of rotatable bonds is 22. The highest BCUT2D eigenvalue weighted by atomic mass is 16.6. The molecule has 4 rings (SSSR count). The predicted octanol–water partition coefficient (Wildman–Crippen LogP) is 10.1. The molecule has 0 N–H and O–H groups in total. The topological polar surface area (TPSA) is 71.1 Å². The lowest BCUT2D eigenvalue weighted by Gasteiger charge is -2.26. The summed E-state index contributed by atoms with van der Waals surface area (Å²) in [5.41, 5.74) is 5.53. The molecule has 53 heavy (non-hydrogen) atoms. The van der Waals surface area contributed by atoms with Crippen LogP contribution >= 0.6 is 0 Å². The number of methoxy groups -OCH3 is 2. The van der Waals surface area contributed by atoms with Gasteiger partial charge in [0.1, 0.15) is 11.5 Å². The number of esters is 2. The molecule has 0 saturated carbocycles. The molecule has 4 aromatic carbocycles. The summed E-state index contributed by atoms with van der Waals surface area (Å²) in [6.07, 6.45) is 20.0. The van der Waals surface area contributed by atoms with Crippen LogP contribution in [0.4, 0.5) is 0 Å². The van der Waals surface area contributed by atoms with E-state index in [2.05, 4.69) is 84.6 Å². The molecule has 0 unspecified atom stereocenters. The summed E-state index contributed by atoms with van der Waals surface area (Å²) < 4.78 is 21.6. The van der Waals surface area contributed by atoms with Gasteiger partial charge in [0, 0.05) is 12.8 Å². The maximum atomic E-state index is 13.2. The third kappa shape index (κ3) is 12.3. The minimum absolute atomic E-state index is 0.163. The second-order valence-electron chi connectivity index (χ2n) is 13.3. The number of unbranched alkanes of at least 4 members (excludes halogenated alkanes) is 6. The SMILES string of the molecule is C#CCC(CC#C)(C(=O)OCCCCCCc1ccc(-c2ccc(OC)cc2)cc1)C(=O)OCCCCCCc1ccc(-c2ccc(OC)cc2)cc1. The van der Waals surface area contributed by atoms with Gasteiger partial charge in [-0.15, -0.1) is 24.7 Å². The minimum Gasteiger partial charge on any atom is -0.497 e. The van der Waals surface area contributed by atoms with Gasteiger partial charge in [-0.05, 0) is 96.2 Å². The number of hydrogen-bond donors (Lipinski definition) is 0. The zero-order valence-electron chi connectivity index (χ0n) is 31.2. The Hall–Kier alpha value is -5.46. The van der Waals surface area contributed by atoms with Gasteiger partial charge in [-0.25, -0.2) is 0 Å². The highest BCUT2D eigenvalue weighted by molar-refractivity contribution is 6.00. The molecule has 0 aliphatic carbocycles. The van der Waals surface area contributed by atoms with E-state index in [9.17, 15) is 9.59 Å². The maximum absolute atomic E-state index is 13.2. The summed E-state index contributed by atoms with van der Waals surface area (Å²) in [6, 6.07) is 33.4. The lowest BCUT2D eigenvalue weighted by molar-refractivity contribution is -0.172. The molecule has 0 radical (unpaired) electrons. The van der Waals surface area contributed by atoms with Crippen LogP contribution in [0.25, 0.3) is 22.3 Å². The van der Waals surface area contributed by atoms with Crippen molar-refractivity contribution in [3.05, 3.63) is 108 Å². The van der Waals surface area contributed by atoms with Gasteiger partial charge in [-0.1, -0.05) is 98.5 Å². The lowest BCUT2D eigenvalue weighted by atomic mass is 9.81. The Morgan fingerprint density at radius 3 is 1.13 bits per heavy atom. The van der Waals surface area contributed by atoms with Crippen LogP contribution in [0, 0.1) is 30.1 Å². The van der Waals surface area contributed by atoms with E-state index in [1.807, 2.05) is 24.3 Å². The molecule has 0 aromatic heterocycles. The first kappa shape index (κ1) is 40.3. The average molecular weight is 713 g/mol. The van der Waals surface area contributed by atoms with Gasteiger partial charge in [-0.2, -0.15) is 0 Å². The Morgan fingerprint density at radius 2 is 0.811 bits per heavy atom. The summed E-state index contributed by atoms with van der Waals surface area (Å²) in [5, 5.41) is 0. The van der Waals surface area contributed by atoms with Crippen molar-refractivity contribution in [2.45, 2.75) is 77.0 Å². The van der Waals surface area contributed by atoms with Crippen LogP contribution in [0.2, 0.25) is 0 Å². The zero-order chi connectivity index (χ0) is 37.7. The Kier molecular flexibility index (Phi) is 16.6. The van der Waals surface area contributed by atoms with Crippen LogP contribution in [0.5, 0.6) is 11.5 Å². The number of benzene rings is 4. The Balaban J connectivity index is 1.11. The van der Waals surface area contributed by atoms with E-state index in [-0.39, 0.29) is 26.1 Å². The second-order valence-corrected chi connectivity index (χ2v) is 13.3. The number of hydrogen-bond acceptors (Lipinski definition) is 6. The summed E-state index contributed by atoms with van der Waals surface area (Å²) >= 11 is 0. The molecule has 0 heterocycles. The van der Waals surface area contributed by atoms with Gasteiger partial charge in [-0.3, -0.25) is 9.59 Å². The molecule has 4 aromatic rings. The van der Waals surface area contributed by atoms with Crippen LogP contribution in [0.3, 0.4) is 0 Å². The van der Waals surface area contributed by atoms with Crippen molar-refractivity contribution in [1.29, 1.82) is 0 Å². The summed E-state index contributed by atoms with van der Waals surface area (Å²) in [7, 11) is 3.33. The van der Waals surface area contributed by atoms with Crippen molar-refractivity contribution in [3.8, 4) is 58.4 Å². The molecule has 6 nitrogen and oxygen atoms in total. The Morgan fingerprint density at radius 1 is 0.491 bits per heavy atom. The fourth-order valence-corrected chi connectivity index (χ4v) is 6.25. The largest absolute Gasteiger partial charge is 0.497 e. The Labute approximate surface area is 316 Å². The van der Waals surface area contributed by atoms with Crippen molar-refractivity contribution in [2.75, 3.05) is 27.4 Å². The first-order chi connectivity index (χ1) is 25.9. The van der Waals surface area contributed by atoms with E-state index in [0.29, 0.717) is 12.8 Å². The molecule has 0 aliphatic heterocycles. The number of terminal acetylenes is 2. The highest BCUT2D eigenvalue weighted by Crippen LogP contribution is 2.31. The van der Waals surface area contributed by atoms with Crippen LogP contribution in [-0.2, 0) is 31.9 Å². The minimum atomic E-state index is -1.68. The molecule has 0 amide bonds. The smallest absolute Gasteiger partial charge is 0.325 e. The van der Waals surface area contributed by atoms with Gasteiger partial charge in [0.25, 0.3) is 0 Å². The fraction of sp³-hybridized carbons (Fsp3) is 0.362. The van der Waals surface area contributed by atoms with Crippen molar-refractivity contribution < 1.29 is 28.5 Å². The van der Waals surface area contributed by atoms with Crippen molar-refractivity contribution in [1.82, 2.24) is 0 Å². The van der Waals surface area contributed by atoms with Gasteiger partial charge < -0.3 is 18.9 Å². The first-order valence-corrected chi connectivity index (χ1v) is 18.6. The molecule has 0 saturated heterocycles. The molecule has 6 heteroatoms. The summed E-state index contributed by atoms with van der Waals surface area (Å²) in [4.78, 5) is 26.5. The lowest BCUT2D eigenvalue weighted by Crippen LogP contribution is -2.42. The zero-order valence-corrected chi connectivity index (χ0v) is 31.2. The van der Waals surface area contributed by atoms with E-state index in [4.69, 9.17) is 31.8 Å². The average Bonchev–Trinajstić information content (AvgIpc) is 3.20. The third-order valence-corrected chi connectivity index (χ3v) is 9.53. The van der Waals surface area contributed by atoms with E-state index in [1.54, 1.807) is 14.2 Å². The van der Waals surface area contributed by atoms with Gasteiger partial charge in [0.05, 0.1) is 27.4 Å². The normalized spacial score (nSPS) is 10.9. The summed E-state index contributed by atoms with van der Waals surface area (Å²) in [6.45, 7) is 0.396. The van der Waals surface area contributed by atoms with Crippen LogP contribution in [0.1, 0.15) is 75.3 Å². The first-order valence-electron chi connectivity index (χ1n) is 18.6. The molecule has 0 fully saturated rings. The van der Waals surface area contributed by atoms with E-state index >= 15 is 0 Å².